The highest BCUT2D eigenvalue weighted by Gasteiger charge is 2.10. The standard InChI is InChI=1S/C23H36N6O.HI/c1-4-24-23(25-11-7-8-12-28-13-15-30-16-14-28)26-18-21-9-5-6-10-22(21)29-20(3)17-19(2)27-29;/h5-6,9-10,17H,4,7-8,11-16,18H2,1-3H3,(H2,24,25,26);1H. The van der Waals surface area contributed by atoms with Crippen LogP contribution in [-0.2, 0) is 11.3 Å². The molecule has 31 heavy (non-hydrogen) atoms. The topological polar surface area (TPSA) is 66.7 Å². The zero-order chi connectivity index (χ0) is 21.2. The summed E-state index contributed by atoms with van der Waals surface area (Å²) in [7, 11) is 0. The third-order valence-electron chi connectivity index (χ3n) is 5.28. The molecule has 2 N–H and O–H groups in total. The summed E-state index contributed by atoms with van der Waals surface area (Å²) in [6.07, 6.45) is 2.32. The van der Waals surface area contributed by atoms with Gasteiger partial charge in [0, 0.05) is 31.9 Å². The Balaban J connectivity index is 0.00000341. The van der Waals surface area contributed by atoms with Gasteiger partial charge in [-0.15, -0.1) is 24.0 Å². The minimum absolute atomic E-state index is 0. The molecule has 0 saturated carbocycles. The van der Waals surface area contributed by atoms with E-state index in [4.69, 9.17) is 9.73 Å². The Bertz CT molecular complexity index is 816. The largest absolute Gasteiger partial charge is 0.379 e. The third kappa shape index (κ3) is 8.08. The van der Waals surface area contributed by atoms with Gasteiger partial charge in [0.15, 0.2) is 5.96 Å². The second-order valence-electron chi connectivity index (χ2n) is 7.75. The number of morpholine rings is 1. The minimum atomic E-state index is 0. The van der Waals surface area contributed by atoms with Gasteiger partial charge in [-0.05, 0) is 57.9 Å². The molecule has 1 saturated heterocycles. The van der Waals surface area contributed by atoms with E-state index < -0.39 is 0 Å². The van der Waals surface area contributed by atoms with Crippen LogP contribution in [0.3, 0.4) is 0 Å². The van der Waals surface area contributed by atoms with Gasteiger partial charge in [-0.25, -0.2) is 9.67 Å². The zero-order valence-corrected chi connectivity index (χ0v) is 21.4. The first-order valence-electron chi connectivity index (χ1n) is 11.1. The number of nitrogens with one attached hydrogen (secondary N) is 2. The van der Waals surface area contributed by atoms with Crippen molar-refractivity contribution in [3.8, 4) is 5.69 Å². The number of aromatic nitrogens is 2. The van der Waals surface area contributed by atoms with Gasteiger partial charge in [0.1, 0.15) is 0 Å². The molecule has 2 heterocycles. The van der Waals surface area contributed by atoms with Crippen LogP contribution in [0.1, 0.15) is 36.7 Å². The number of hydrogen-bond acceptors (Lipinski definition) is 4. The van der Waals surface area contributed by atoms with Gasteiger partial charge >= 0.3 is 0 Å². The maximum Gasteiger partial charge on any atom is 0.191 e. The maximum absolute atomic E-state index is 5.41. The van der Waals surface area contributed by atoms with Crippen LogP contribution in [0, 0.1) is 13.8 Å². The lowest BCUT2D eigenvalue weighted by Gasteiger charge is -2.26. The van der Waals surface area contributed by atoms with Crippen molar-refractivity contribution >= 4 is 29.9 Å². The molecule has 0 aliphatic carbocycles. The highest BCUT2D eigenvalue weighted by Crippen LogP contribution is 2.17. The van der Waals surface area contributed by atoms with Crippen LogP contribution in [-0.4, -0.2) is 66.6 Å². The molecule has 2 aromatic rings. The van der Waals surface area contributed by atoms with Gasteiger partial charge in [0.05, 0.1) is 31.1 Å². The van der Waals surface area contributed by atoms with Crippen LogP contribution in [0.2, 0.25) is 0 Å². The molecule has 0 radical (unpaired) electrons. The molecule has 0 bridgehead atoms. The molecule has 0 spiro atoms. The van der Waals surface area contributed by atoms with E-state index in [-0.39, 0.29) is 24.0 Å². The Hall–Kier alpha value is -1.65. The average molecular weight is 540 g/mol. The summed E-state index contributed by atoms with van der Waals surface area (Å²) in [5, 5.41) is 11.5. The molecule has 0 amide bonds. The number of aliphatic imine (C=N–C) groups is 1. The number of guanidine groups is 1. The number of halogens is 1. The van der Waals surface area contributed by atoms with Crippen molar-refractivity contribution in [3.05, 3.63) is 47.3 Å². The highest BCUT2D eigenvalue weighted by atomic mass is 127. The molecule has 172 valence electrons. The molecule has 3 rings (SSSR count). The fourth-order valence-corrected chi connectivity index (χ4v) is 3.72. The number of rotatable bonds is 9. The van der Waals surface area contributed by atoms with Crippen molar-refractivity contribution in [2.24, 2.45) is 4.99 Å². The first-order chi connectivity index (χ1) is 14.7. The zero-order valence-electron chi connectivity index (χ0n) is 19.1. The first-order valence-corrected chi connectivity index (χ1v) is 11.1. The lowest BCUT2D eigenvalue weighted by Crippen LogP contribution is -2.39. The summed E-state index contributed by atoms with van der Waals surface area (Å²) in [4.78, 5) is 7.31. The Kier molecular flexibility index (Phi) is 11.3. The number of unbranched alkanes of at least 4 members (excludes halogenated alkanes) is 1. The molecule has 0 unspecified atom stereocenters. The van der Waals surface area contributed by atoms with E-state index in [0.29, 0.717) is 6.54 Å². The monoisotopic (exact) mass is 540 g/mol. The number of nitrogens with zero attached hydrogens (tertiary/aromatic N) is 4. The molecule has 7 nitrogen and oxygen atoms in total. The van der Waals surface area contributed by atoms with Crippen LogP contribution in [0.4, 0.5) is 0 Å². The number of ether oxygens (including phenoxy) is 1. The van der Waals surface area contributed by atoms with Crippen molar-refractivity contribution in [3.63, 3.8) is 0 Å². The SMILES string of the molecule is CCNC(=NCc1ccccc1-n1nc(C)cc1C)NCCCCN1CCOCC1.I. The summed E-state index contributed by atoms with van der Waals surface area (Å²) in [6, 6.07) is 10.4. The summed E-state index contributed by atoms with van der Waals surface area (Å²) in [5.74, 6) is 0.868. The van der Waals surface area contributed by atoms with Crippen LogP contribution in [0.25, 0.3) is 5.69 Å². The summed E-state index contributed by atoms with van der Waals surface area (Å²) < 4.78 is 7.42. The van der Waals surface area contributed by atoms with Crippen molar-refractivity contribution in [2.45, 2.75) is 40.2 Å². The van der Waals surface area contributed by atoms with E-state index in [1.54, 1.807) is 0 Å². The highest BCUT2D eigenvalue weighted by molar-refractivity contribution is 14.0. The van der Waals surface area contributed by atoms with Gasteiger partial charge in [-0.3, -0.25) is 4.90 Å². The number of hydrogen-bond donors (Lipinski definition) is 2. The van der Waals surface area contributed by atoms with E-state index in [1.165, 1.54) is 6.42 Å². The van der Waals surface area contributed by atoms with Crippen molar-refractivity contribution < 1.29 is 4.74 Å². The fourth-order valence-electron chi connectivity index (χ4n) is 3.72. The summed E-state index contributed by atoms with van der Waals surface area (Å²) >= 11 is 0. The van der Waals surface area contributed by atoms with E-state index in [9.17, 15) is 0 Å². The second kappa shape index (κ2) is 13.7. The van der Waals surface area contributed by atoms with E-state index >= 15 is 0 Å². The molecule has 1 aromatic carbocycles. The second-order valence-corrected chi connectivity index (χ2v) is 7.75. The Labute approximate surface area is 203 Å². The minimum Gasteiger partial charge on any atom is -0.379 e. The lowest BCUT2D eigenvalue weighted by atomic mass is 10.2. The molecule has 8 heteroatoms. The Morgan fingerprint density at radius 2 is 1.90 bits per heavy atom. The fraction of sp³-hybridized carbons (Fsp3) is 0.565. The van der Waals surface area contributed by atoms with Crippen molar-refractivity contribution in [1.82, 2.24) is 25.3 Å². The van der Waals surface area contributed by atoms with Gasteiger partial charge in [-0.2, -0.15) is 5.10 Å². The summed E-state index contributed by atoms with van der Waals surface area (Å²) in [5.41, 5.74) is 4.41. The van der Waals surface area contributed by atoms with Gasteiger partial charge in [0.2, 0.25) is 0 Å². The molecule has 1 fully saturated rings. The Morgan fingerprint density at radius 3 is 2.61 bits per heavy atom. The maximum atomic E-state index is 5.41. The number of benzene rings is 1. The van der Waals surface area contributed by atoms with Crippen LogP contribution in [0.5, 0.6) is 0 Å². The predicted molar refractivity (Wildman–Crippen MR) is 138 cm³/mol. The predicted octanol–water partition coefficient (Wildman–Crippen LogP) is 3.27. The molecule has 0 atom stereocenters. The van der Waals surface area contributed by atoms with E-state index in [1.807, 2.05) is 11.6 Å². The van der Waals surface area contributed by atoms with Gasteiger partial charge in [0.25, 0.3) is 0 Å². The molecular weight excluding hydrogens is 503 g/mol. The van der Waals surface area contributed by atoms with Crippen molar-refractivity contribution in [1.29, 1.82) is 0 Å². The van der Waals surface area contributed by atoms with Crippen LogP contribution in [0.15, 0.2) is 35.3 Å². The van der Waals surface area contributed by atoms with Crippen LogP contribution < -0.4 is 10.6 Å². The lowest BCUT2D eigenvalue weighted by molar-refractivity contribution is 0.0372. The summed E-state index contributed by atoms with van der Waals surface area (Å²) in [6.45, 7) is 13.6. The van der Waals surface area contributed by atoms with Gasteiger partial charge in [-0.1, -0.05) is 18.2 Å². The molecule has 1 aliphatic rings. The molecule has 1 aliphatic heterocycles. The van der Waals surface area contributed by atoms with E-state index in [0.717, 1.165) is 81.0 Å². The third-order valence-corrected chi connectivity index (χ3v) is 5.28. The van der Waals surface area contributed by atoms with Crippen molar-refractivity contribution in [2.75, 3.05) is 45.9 Å². The van der Waals surface area contributed by atoms with Gasteiger partial charge < -0.3 is 15.4 Å². The molecule has 1 aromatic heterocycles. The Morgan fingerprint density at radius 1 is 1.13 bits per heavy atom. The van der Waals surface area contributed by atoms with Crippen LogP contribution >= 0.6 is 24.0 Å². The number of para-hydroxylation sites is 1. The average Bonchev–Trinajstić information content (AvgIpc) is 3.10. The smallest absolute Gasteiger partial charge is 0.191 e. The first kappa shape index (κ1) is 25.6. The van der Waals surface area contributed by atoms with E-state index in [2.05, 4.69) is 64.8 Å². The molecular formula is C23H37IN6O. The quantitative estimate of drug-likeness (QED) is 0.221. The normalized spacial score (nSPS) is 14.9. The number of aryl methyl sites for hydroxylation is 2.